The Labute approximate surface area is 146 Å². The van der Waals surface area contributed by atoms with E-state index in [1.807, 2.05) is 24.3 Å². The van der Waals surface area contributed by atoms with E-state index in [2.05, 4.69) is 15.2 Å². The van der Waals surface area contributed by atoms with Crippen molar-refractivity contribution in [3.63, 3.8) is 0 Å². The maximum absolute atomic E-state index is 12.4. The third-order valence-corrected chi connectivity index (χ3v) is 4.48. The maximum atomic E-state index is 12.4. The van der Waals surface area contributed by atoms with Gasteiger partial charge in [0.05, 0.1) is 7.11 Å². The summed E-state index contributed by atoms with van der Waals surface area (Å²) in [5, 5.41) is 2.99. The van der Waals surface area contributed by atoms with E-state index in [0.29, 0.717) is 6.54 Å². The molecule has 0 spiro atoms. The fraction of sp³-hybridized carbons (Fsp3) is 0.368. The highest BCUT2D eigenvalue weighted by Crippen LogP contribution is 2.24. The number of aryl methyl sites for hydroxylation is 1. The number of methoxy groups -OCH3 is 1. The van der Waals surface area contributed by atoms with E-state index in [1.54, 1.807) is 26.2 Å². The van der Waals surface area contributed by atoms with Gasteiger partial charge in [-0.25, -0.2) is 0 Å². The Bertz CT molecular complexity index is 816. The monoisotopic (exact) mass is 341 g/mol. The minimum Gasteiger partial charge on any atom is -0.497 e. The lowest BCUT2D eigenvalue weighted by Gasteiger charge is -2.34. The number of carbonyl (C=O) groups excluding carboxylic acids is 1. The molecule has 1 aliphatic rings. The Morgan fingerprint density at radius 1 is 1.32 bits per heavy atom. The van der Waals surface area contributed by atoms with Gasteiger partial charge in [-0.15, -0.1) is 0 Å². The number of rotatable bonds is 4. The van der Waals surface area contributed by atoms with Crippen LogP contribution in [0.25, 0.3) is 0 Å². The smallest absolute Gasteiger partial charge is 0.260 e. The first kappa shape index (κ1) is 17.1. The maximum Gasteiger partial charge on any atom is 0.260 e. The molecule has 6 nitrogen and oxygen atoms in total. The number of hydrogen-bond donors (Lipinski definition) is 2. The molecule has 0 aliphatic carbocycles. The molecule has 0 radical (unpaired) electrons. The summed E-state index contributed by atoms with van der Waals surface area (Å²) in [6, 6.07) is 11.2. The van der Waals surface area contributed by atoms with Gasteiger partial charge in [0.25, 0.3) is 11.5 Å². The lowest BCUT2D eigenvalue weighted by molar-refractivity contribution is 0.0931. The fourth-order valence-corrected chi connectivity index (χ4v) is 3.15. The van der Waals surface area contributed by atoms with Gasteiger partial charge in [0.1, 0.15) is 11.3 Å². The number of carbonyl (C=O) groups is 1. The largest absolute Gasteiger partial charge is 0.497 e. The summed E-state index contributed by atoms with van der Waals surface area (Å²) in [5.41, 5.74) is 1.62. The van der Waals surface area contributed by atoms with E-state index in [-0.39, 0.29) is 23.1 Å². The quantitative estimate of drug-likeness (QED) is 0.893. The molecule has 0 bridgehead atoms. The molecule has 3 rings (SSSR count). The van der Waals surface area contributed by atoms with Crippen molar-refractivity contribution < 1.29 is 9.53 Å². The predicted octanol–water partition coefficient (Wildman–Crippen LogP) is 2.09. The molecular formula is C19H23N3O3. The summed E-state index contributed by atoms with van der Waals surface area (Å²) in [4.78, 5) is 29.3. The summed E-state index contributed by atoms with van der Waals surface area (Å²) >= 11 is 0. The Kier molecular flexibility index (Phi) is 5.07. The third-order valence-electron chi connectivity index (χ3n) is 4.48. The molecular weight excluding hydrogens is 318 g/mol. The van der Waals surface area contributed by atoms with Gasteiger partial charge in [-0.3, -0.25) is 9.59 Å². The normalized spacial score (nSPS) is 17.2. The van der Waals surface area contributed by atoms with Crippen molar-refractivity contribution in [2.24, 2.45) is 0 Å². The number of ether oxygens (including phenoxy) is 1. The number of amides is 1. The predicted molar refractivity (Wildman–Crippen MR) is 97.5 cm³/mol. The molecule has 2 heterocycles. The molecule has 1 saturated heterocycles. The lowest BCUT2D eigenvalue weighted by Crippen LogP contribution is -2.48. The second kappa shape index (κ2) is 7.42. The second-order valence-corrected chi connectivity index (χ2v) is 6.34. The highest BCUT2D eigenvalue weighted by atomic mass is 16.5. The van der Waals surface area contributed by atoms with E-state index in [4.69, 9.17) is 4.74 Å². The number of aromatic amines is 1. The van der Waals surface area contributed by atoms with Gasteiger partial charge in [0.15, 0.2) is 0 Å². The minimum absolute atomic E-state index is 0.00755. The molecule has 132 valence electrons. The topological polar surface area (TPSA) is 74.4 Å². The van der Waals surface area contributed by atoms with Crippen molar-refractivity contribution >= 4 is 11.6 Å². The van der Waals surface area contributed by atoms with Crippen molar-refractivity contribution in [3.8, 4) is 5.75 Å². The standard InChI is InChI=1S/C19H23N3O3/c1-13-8-9-17(18(23)20-13)19(24)21-14-5-4-10-22(12-14)15-6-3-7-16(11-15)25-2/h3,6-9,11,14H,4-5,10,12H2,1-2H3,(H,20,23)(H,21,24)/t14-/m1/s1. The highest BCUT2D eigenvalue weighted by Gasteiger charge is 2.23. The molecule has 1 aromatic heterocycles. The molecule has 6 heteroatoms. The number of H-pyrrole nitrogens is 1. The summed E-state index contributed by atoms with van der Waals surface area (Å²) in [5.74, 6) is 0.494. The number of anilines is 1. The van der Waals surface area contributed by atoms with Crippen LogP contribution >= 0.6 is 0 Å². The molecule has 1 amide bonds. The van der Waals surface area contributed by atoms with Gasteiger partial charge in [-0.2, -0.15) is 0 Å². The van der Waals surface area contributed by atoms with Gasteiger partial charge in [-0.05, 0) is 44.0 Å². The van der Waals surface area contributed by atoms with Crippen LogP contribution in [0.5, 0.6) is 5.75 Å². The molecule has 1 aromatic carbocycles. The van der Waals surface area contributed by atoms with Crippen LogP contribution in [0.3, 0.4) is 0 Å². The molecule has 25 heavy (non-hydrogen) atoms. The van der Waals surface area contributed by atoms with Crippen LogP contribution in [0.1, 0.15) is 28.9 Å². The van der Waals surface area contributed by atoms with Gasteiger partial charge < -0.3 is 19.9 Å². The van der Waals surface area contributed by atoms with Gasteiger partial charge in [0.2, 0.25) is 0 Å². The molecule has 2 aromatic rings. The summed E-state index contributed by atoms with van der Waals surface area (Å²) in [7, 11) is 1.65. The molecule has 0 unspecified atom stereocenters. The molecule has 0 saturated carbocycles. The van der Waals surface area contributed by atoms with Crippen molar-refractivity contribution in [1.82, 2.24) is 10.3 Å². The first-order valence-corrected chi connectivity index (χ1v) is 8.46. The van der Waals surface area contributed by atoms with E-state index < -0.39 is 0 Å². The zero-order chi connectivity index (χ0) is 17.8. The summed E-state index contributed by atoms with van der Waals surface area (Å²) < 4.78 is 5.28. The summed E-state index contributed by atoms with van der Waals surface area (Å²) in [6.45, 7) is 3.43. The highest BCUT2D eigenvalue weighted by molar-refractivity contribution is 5.94. The zero-order valence-corrected chi connectivity index (χ0v) is 14.5. The number of benzene rings is 1. The van der Waals surface area contributed by atoms with Crippen molar-refractivity contribution in [2.75, 3.05) is 25.1 Å². The molecule has 2 N–H and O–H groups in total. The lowest BCUT2D eigenvalue weighted by atomic mass is 10.0. The molecule has 1 fully saturated rings. The van der Waals surface area contributed by atoms with E-state index in [9.17, 15) is 9.59 Å². The van der Waals surface area contributed by atoms with E-state index in [1.165, 1.54) is 0 Å². The average Bonchev–Trinajstić information content (AvgIpc) is 2.62. The van der Waals surface area contributed by atoms with Crippen molar-refractivity contribution in [1.29, 1.82) is 0 Å². The van der Waals surface area contributed by atoms with Crippen LogP contribution in [-0.2, 0) is 0 Å². The number of pyridine rings is 1. The molecule has 1 aliphatic heterocycles. The Morgan fingerprint density at radius 2 is 2.16 bits per heavy atom. The number of hydrogen-bond acceptors (Lipinski definition) is 4. The van der Waals surface area contributed by atoms with Crippen LogP contribution in [0, 0.1) is 6.92 Å². The Balaban J connectivity index is 1.69. The minimum atomic E-state index is -0.349. The SMILES string of the molecule is COc1cccc(N2CCC[C@@H](NC(=O)c3ccc(C)[nH]c3=O)C2)c1. The Morgan fingerprint density at radius 3 is 2.92 bits per heavy atom. The van der Waals surface area contributed by atoms with Gasteiger partial charge in [-0.1, -0.05) is 6.07 Å². The Hall–Kier alpha value is -2.76. The number of piperidine rings is 1. The van der Waals surface area contributed by atoms with Gasteiger partial charge in [0, 0.05) is 36.6 Å². The van der Waals surface area contributed by atoms with Crippen LogP contribution < -0.4 is 20.5 Å². The van der Waals surface area contributed by atoms with Crippen LogP contribution in [0.4, 0.5) is 5.69 Å². The number of aromatic nitrogens is 1. The van der Waals surface area contributed by atoms with Crippen LogP contribution in [-0.4, -0.2) is 37.1 Å². The zero-order valence-electron chi connectivity index (χ0n) is 14.5. The first-order chi connectivity index (χ1) is 12.1. The van der Waals surface area contributed by atoms with Crippen LogP contribution in [0.15, 0.2) is 41.2 Å². The summed E-state index contributed by atoms with van der Waals surface area (Å²) in [6.07, 6.45) is 1.88. The van der Waals surface area contributed by atoms with Gasteiger partial charge >= 0.3 is 0 Å². The second-order valence-electron chi connectivity index (χ2n) is 6.34. The number of nitrogens with zero attached hydrogens (tertiary/aromatic N) is 1. The number of nitrogens with one attached hydrogen (secondary N) is 2. The molecule has 1 atom stereocenters. The average molecular weight is 341 g/mol. The van der Waals surface area contributed by atoms with Crippen molar-refractivity contribution in [2.45, 2.75) is 25.8 Å². The van der Waals surface area contributed by atoms with E-state index >= 15 is 0 Å². The third kappa shape index (κ3) is 4.02. The van der Waals surface area contributed by atoms with E-state index in [0.717, 1.165) is 36.5 Å². The fourth-order valence-electron chi connectivity index (χ4n) is 3.15. The first-order valence-electron chi connectivity index (χ1n) is 8.46. The van der Waals surface area contributed by atoms with Crippen molar-refractivity contribution in [3.05, 3.63) is 58.0 Å². The van der Waals surface area contributed by atoms with Crippen LogP contribution in [0.2, 0.25) is 0 Å².